The maximum atomic E-state index is 12.2. The van der Waals surface area contributed by atoms with Crippen LogP contribution in [-0.4, -0.2) is 58.5 Å². The molecule has 1 aliphatic rings. The Bertz CT molecular complexity index is 652. The molecule has 3 heterocycles. The highest BCUT2D eigenvalue weighted by molar-refractivity contribution is 7.11. The standard InChI is InChI=1S/C17H23N5OS/c1-14-12-20-16(24-14)5-7-19-17(23)22-10-8-21(9-11-22)13-15-4-2-3-6-18-15/h2-4,6,12H,5,7-11,13H2,1H3,(H,19,23). The summed E-state index contributed by atoms with van der Waals surface area (Å²) in [7, 11) is 0. The number of amides is 2. The summed E-state index contributed by atoms with van der Waals surface area (Å²) in [4.78, 5) is 26.3. The number of pyridine rings is 1. The van der Waals surface area contributed by atoms with Gasteiger partial charge in [0.2, 0.25) is 0 Å². The van der Waals surface area contributed by atoms with Crippen molar-refractivity contribution in [2.45, 2.75) is 19.9 Å². The van der Waals surface area contributed by atoms with Gasteiger partial charge in [0.1, 0.15) is 0 Å². The molecule has 0 atom stereocenters. The Kier molecular flexibility index (Phi) is 5.77. The minimum atomic E-state index is 0.0285. The van der Waals surface area contributed by atoms with Gasteiger partial charge >= 0.3 is 6.03 Å². The summed E-state index contributed by atoms with van der Waals surface area (Å²) in [6.45, 7) is 6.82. The lowest BCUT2D eigenvalue weighted by Crippen LogP contribution is -2.51. The van der Waals surface area contributed by atoms with E-state index in [0.717, 1.165) is 49.8 Å². The molecule has 2 aromatic rings. The maximum Gasteiger partial charge on any atom is 0.317 e. The largest absolute Gasteiger partial charge is 0.338 e. The van der Waals surface area contributed by atoms with Crippen molar-refractivity contribution in [3.05, 3.63) is 46.2 Å². The zero-order chi connectivity index (χ0) is 16.8. The summed E-state index contributed by atoms with van der Waals surface area (Å²) >= 11 is 1.69. The summed E-state index contributed by atoms with van der Waals surface area (Å²) in [6.07, 6.45) is 4.50. The molecule has 1 aliphatic heterocycles. The van der Waals surface area contributed by atoms with E-state index < -0.39 is 0 Å². The number of aryl methyl sites for hydroxylation is 1. The average Bonchev–Trinajstić information content (AvgIpc) is 3.02. The molecule has 0 aliphatic carbocycles. The second-order valence-corrected chi connectivity index (χ2v) is 7.25. The quantitative estimate of drug-likeness (QED) is 0.899. The molecular formula is C17H23N5OS. The van der Waals surface area contributed by atoms with Gasteiger partial charge in [-0.3, -0.25) is 9.88 Å². The van der Waals surface area contributed by atoms with E-state index in [9.17, 15) is 4.79 Å². The smallest absolute Gasteiger partial charge is 0.317 e. The number of hydrogen-bond donors (Lipinski definition) is 1. The van der Waals surface area contributed by atoms with Crippen LogP contribution >= 0.6 is 11.3 Å². The summed E-state index contributed by atoms with van der Waals surface area (Å²) < 4.78 is 0. The molecule has 0 aromatic carbocycles. The summed E-state index contributed by atoms with van der Waals surface area (Å²) in [6, 6.07) is 6.01. The van der Waals surface area contributed by atoms with Gasteiger partial charge in [0.05, 0.1) is 10.7 Å². The molecule has 0 saturated carbocycles. The Morgan fingerprint density at radius 2 is 2.08 bits per heavy atom. The number of nitrogens with zero attached hydrogens (tertiary/aromatic N) is 4. The monoisotopic (exact) mass is 345 g/mol. The molecule has 0 radical (unpaired) electrons. The third kappa shape index (κ3) is 4.75. The predicted molar refractivity (Wildman–Crippen MR) is 95.0 cm³/mol. The number of thiazole rings is 1. The number of carbonyl (C=O) groups is 1. The van der Waals surface area contributed by atoms with Crippen LogP contribution in [-0.2, 0) is 13.0 Å². The number of nitrogens with one attached hydrogen (secondary N) is 1. The second-order valence-electron chi connectivity index (χ2n) is 5.93. The van der Waals surface area contributed by atoms with E-state index in [1.807, 2.05) is 42.4 Å². The van der Waals surface area contributed by atoms with Gasteiger partial charge in [-0.15, -0.1) is 11.3 Å². The third-order valence-electron chi connectivity index (χ3n) is 4.06. The summed E-state index contributed by atoms with van der Waals surface area (Å²) in [5, 5.41) is 4.07. The van der Waals surface area contributed by atoms with Crippen molar-refractivity contribution in [1.82, 2.24) is 25.1 Å². The van der Waals surface area contributed by atoms with Gasteiger partial charge in [0.25, 0.3) is 0 Å². The van der Waals surface area contributed by atoms with Crippen LogP contribution in [0, 0.1) is 6.92 Å². The fourth-order valence-electron chi connectivity index (χ4n) is 2.74. The van der Waals surface area contributed by atoms with E-state index in [1.54, 1.807) is 11.3 Å². The lowest BCUT2D eigenvalue weighted by atomic mass is 10.3. The molecular weight excluding hydrogens is 322 g/mol. The van der Waals surface area contributed by atoms with Crippen molar-refractivity contribution in [1.29, 1.82) is 0 Å². The number of urea groups is 1. The molecule has 0 bridgehead atoms. The van der Waals surface area contributed by atoms with Gasteiger partial charge in [-0.2, -0.15) is 0 Å². The van der Waals surface area contributed by atoms with Gasteiger partial charge in [-0.05, 0) is 19.1 Å². The zero-order valence-corrected chi connectivity index (χ0v) is 14.8. The Labute approximate surface area is 146 Å². The first-order chi connectivity index (χ1) is 11.7. The van der Waals surface area contributed by atoms with Gasteiger partial charge < -0.3 is 10.2 Å². The van der Waals surface area contributed by atoms with Crippen LogP contribution in [0.2, 0.25) is 0 Å². The van der Waals surface area contributed by atoms with Crippen molar-refractivity contribution < 1.29 is 4.79 Å². The fourth-order valence-corrected chi connectivity index (χ4v) is 3.52. The topological polar surface area (TPSA) is 61.4 Å². The predicted octanol–water partition coefficient (Wildman–Crippen LogP) is 1.92. The first-order valence-corrected chi connectivity index (χ1v) is 9.09. The van der Waals surface area contributed by atoms with Crippen molar-refractivity contribution >= 4 is 17.4 Å². The van der Waals surface area contributed by atoms with Crippen LogP contribution in [0.1, 0.15) is 15.6 Å². The lowest BCUT2D eigenvalue weighted by Gasteiger charge is -2.34. The molecule has 3 rings (SSSR count). The zero-order valence-electron chi connectivity index (χ0n) is 13.9. The molecule has 1 saturated heterocycles. The molecule has 0 spiro atoms. The number of piperazine rings is 1. The minimum Gasteiger partial charge on any atom is -0.338 e. The van der Waals surface area contributed by atoms with E-state index in [0.29, 0.717) is 6.54 Å². The van der Waals surface area contributed by atoms with Crippen LogP contribution in [0.15, 0.2) is 30.6 Å². The summed E-state index contributed by atoms with van der Waals surface area (Å²) in [5.74, 6) is 0. The van der Waals surface area contributed by atoms with E-state index in [2.05, 4.69) is 20.2 Å². The minimum absolute atomic E-state index is 0.0285. The van der Waals surface area contributed by atoms with E-state index in [1.165, 1.54) is 4.88 Å². The molecule has 2 aromatic heterocycles. The highest BCUT2D eigenvalue weighted by Crippen LogP contribution is 2.11. The van der Waals surface area contributed by atoms with E-state index in [-0.39, 0.29) is 6.03 Å². The molecule has 2 amide bonds. The molecule has 1 N–H and O–H groups in total. The SMILES string of the molecule is Cc1cnc(CCNC(=O)N2CCN(Cc3ccccn3)CC2)s1. The van der Waals surface area contributed by atoms with Gasteiger partial charge in [0.15, 0.2) is 0 Å². The molecule has 7 heteroatoms. The Hall–Kier alpha value is -1.99. The Balaban J connectivity index is 1.37. The maximum absolute atomic E-state index is 12.2. The van der Waals surface area contributed by atoms with Crippen molar-refractivity contribution in [2.24, 2.45) is 0 Å². The fraction of sp³-hybridized carbons (Fsp3) is 0.471. The number of aromatic nitrogens is 2. The normalized spacial score (nSPS) is 15.5. The lowest BCUT2D eigenvalue weighted by molar-refractivity contribution is 0.134. The molecule has 0 unspecified atom stereocenters. The molecule has 1 fully saturated rings. The van der Waals surface area contributed by atoms with Crippen LogP contribution < -0.4 is 5.32 Å². The van der Waals surface area contributed by atoms with Crippen LogP contribution in [0.25, 0.3) is 0 Å². The van der Waals surface area contributed by atoms with Crippen molar-refractivity contribution in [3.63, 3.8) is 0 Å². The number of rotatable bonds is 5. The van der Waals surface area contributed by atoms with Gasteiger partial charge in [-0.25, -0.2) is 9.78 Å². The molecule has 24 heavy (non-hydrogen) atoms. The van der Waals surface area contributed by atoms with Gasteiger partial charge in [-0.1, -0.05) is 6.07 Å². The second kappa shape index (κ2) is 8.21. The van der Waals surface area contributed by atoms with Crippen LogP contribution in [0.4, 0.5) is 4.79 Å². The average molecular weight is 345 g/mol. The van der Waals surface area contributed by atoms with Crippen molar-refractivity contribution in [3.8, 4) is 0 Å². The van der Waals surface area contributed by atoms with E-state index >= 15 is 0 Å². The van der Waals surface area contributed by atoms with Crippen LogP contribution in [0.5, 0.6) is 0 Å². The summed E-state index contributed by atoms with van der Waals surface area (Å²) in [5.41, 5.74) is 1.08. The number of hydrogen-bond acceptors (Lipinski definition) is 5. The van der Waals surface area contributed by atoms with E-state index in [4.69, 9.17) is 0 Å². The van der Waals surface area contributed by atoms with Crippen molar-refractivity contribution in [2.75, 3.05) is 32.7 Å². The molecule has 128 valence electrons. The highest BCUT2D eigenvalue weighted by Gasteiger charge is 2.21. The first kappa shape index (κ1) is 16.9. The Morgan fingerprint density at radius 3 is 2.75 bits per heavy atom. The number of carbonyl (C=O) groups excluding carboxylic acids is 1. The van der Waals surface area contributed by atoms with Crippen LogP contribution in [0.3, 0.4) is 0 Å². The first-order valence-electron chi connectivity index (χ1n) is 8.27. The highest BCUT2D eigenvalue weighted by atomic mass is 32.1. The molecule has 6 nitrogen and oxygen atoms in total. The Morgan fingerprint density at radius 1 is 1.25 bits per heavy atom. The van der Waals surface area contributed by atoms with Gasteiger partial charge in [0, 0.05) is 63.0 Å². The third-order valence-corrected chi connectivity index (χ3v) is 5.03.